The highest BCUT2D eigenvalue weighted by atomic mass is 16.6. The zero-order valence-electron chi connectivity index (χ0n) is 9.56. The fraction of sp³-hybridized carbons (Fsp3) is 0.600. The number of ether oxygens (including phenoxy) is 3. The summed E-state index contributed by atoms with van der Waals surface area (Å²) in [5.41, 5.74) is -0.361. The minimum atomic E-state index is -0.361. The number of nitrogens with one attached hydrogen (secondary N) is 2. The van der Waals surface area contributed by atoms with Crippen LogP contribution in [-0.4, -0.2) is 49.5 Å². The topological polar surface area (TPSA) is 85.5 Å². The standard InChI is InChI=1S/C10H15N3O4/c1-15-8-9(14)12-6-13-10(8)17-5-7-4-11-2-3-16-7/h6-7,11H,2-5H2,1H3,(H,12,13,14). The molecule has 1 unspecified atom stereocenters. The van der Waals surface area contributed by atoms with Gasteiger partial charge in [-0.2, -0.15) is 0 Å². The monoisotopic (exact) mass is 241 g/mol. The highest BCUT2D eigenvalue weighted by molar-refractivity contribution is 5.29. The lowest BCUT2D eigenvalue weighted by Gasteiger charge is -2.23. The largest absolute Gasteiger partial charge is 0.487 e. The molecule has 2 heterocycles. The normalized spacial score (nSPS) is 19.9. The van der Waals surface area contributed by atoms with E-state index < -0.39 is 0 Å². The van der Waals surface area contributed by atoms with Crippen molar-refractivity contribution in [2.24, 2.45) is 0 Å². The van der Waals surface area contributed by atoms with Gasteiger partial charge in [-0.1, -0.05) is 0 Å². The smallest absolute Gasteiger partial charge is 0.297 e. The lowest BCUT2D eigenvalue weighted by atomic mass is 10.3. The Morgan fingerprint density at radius 2 is 2.53 bits per heavy atom. The lowest BCUT2D eigenvalue weighted by molar-refractivity contribution is -0.00133. The molecule has 1 aromatic heterocycles. The van der Waals surface area contributed by atoms with Gasteiger partial charge in [0.15, 0.2) is 0 Å². The molecule has 7 nitrogen and oxygen atoms in total. The van der Waals surface area contributed by atoms with Gasteiger partial charge in [0.2, 0.25) is 5.75 Å². The Labute approximate surface area is 98.1 Å². The van der Waals surface area contributed by atoms with Crippen molar-refractivity contribution in [3.63, 3.8) is 0 Å². The highest BCUT2D eigenvalue weighted by Gasteiger charge is 2.16. The van der Waals surface area contributed by atoms with Gasteiger partial charge in [0, 0.05) is 13.1 Å². The number of morpholine rings is 1. The number of nitrogens with zero attached hydrogens (tertiary/aromatic N) is 1. The van der Waals surface area contributed by atoms with Gasteiger partial charge in [-0.05, 0) is 0 Å². The van der Waals surface area contributed by atoms with Gasteiger partial charge in [-0.3, -0.25) is 4.79 Å². The molecule has 7 heteroatoms. The number of rotatable bonds is 4. The Hall–Kier alpha value is -1.60. The van der Waals surface area contributed by atoms with Crippen LogP contribution in [0.15, 0.2) is 11.1 Å². The van der Waals surface area contributed by atoms with Crippen molar-refractivity contribution in [3.8, 4) is 11.6 Å². The zero-order chi connectivity index (χ0) is 12.1. The van der Waals surface area contributed by atoms with Crippen LogP contribution in [0.2, 0.25) is 0 Å². The molecular formula is C10H15N3O4. The second-order valence-corrected chi connectivity index (χ2v) is 3.58. The molecular weight excluding hydrogens is 226 g/mol. The Morgan fingerprint density at radius 3 is 3.24 bits per heavy atom. The zero-order valence-corrected chi connectivity index (χ0v) is 9.56. The van der Waals surface area contributed by atoms with Crippen molar-refractivity contribution in [2.75, 3.05) is 33.4 Å². The molecule has 0 aliphatic carbocycles. The van der Waals surface area contributed by atoms with Gasteiger partial charge in [0.25, 0.3) is 11.4 Å². The van der Waals surface area contributed by atoms with E-state index in [0.717, 1.165) is 13.1 Å². The molecule has 0 radical (unpaired) electrons. The fourth-order valence-corrected chi connectivity index (χ4v) is 1.55. The predicted octanol–water partition coefficient (Wildman–Crippen LogP) is -0.854. The van der Waals surface area contributed by atoms with E-state index in [4.69, 9.17) is 14.2 Å². The van der Waals surface area contributed by atoms with E-state index in [2.05, 4.69) is 15.3 Å². The average molecular weight is 241 g/mol. The van der Waals surface area contributed by atoms with Crippen molar-refractivity contribution >= 4 is 0 Å². The summed E-state index contributed by atoms with van der Waals surface area (Å²) in [6.45, 7) is 2.57. The second kappa shape index (κ2) is 5.65. The van der Waals surface area contributed by atoms with Gasteiger partial charge in [0.05, 0.1) is 20.0 Å². The first kappa shape index (κ1) is 11.9. The van der Waals surface area contributed by atoms with E-state index in [0.29, 0.717) is 13.2 Å². The second-order valence-electron chi connectivity index (χ2n) is 3.58. The molecule has 17 heavy (non-hydrogen) atoms. The Kier molecular flexibility index (Phi) is 3.94. The van der Waals surface area contributed by atoms with E-state index in [-0.39, 0.29) is 23.3 Å². The van der Waals surface area contributed by atoms with Crippen LogP contribution in [0.1, 0.15) is 0 Å². The Bertz CT molecular complexity index is 414. The number of aromatic amines is 1. The van der Waals surface area contributed by atoms with Crippen LogP contribution in [0.4, 0.5) is 0 Å². The Balaban J connectivity index is 1.98. The van der Waals surface area contributed by atoms with E-state index in [9.17, 15) is 4.79 Å². The van der Waals surface area contributed by atoms with Crippen LogP contribution in [-0.2, 0) is 4.74 Å². The van der Waals surface area contributed by atoms with Crippen molar-refractivity contribution in [2.45, 2.75) is 6.10 Å². The molecule has 1 saturated heterocycles. The highest BCUT2D eigenvalue weighted by Crippen LogP contribution is 2.17. The number of H-pyrrole nitrogens is 1. The maximum atomic E-state index is 11.4. The summed E-state index contributed by atoms with van der Waals surface area (Å²) in [4.78, 5) is 17.7. The third-order valence-electron chi connectivity index (χ3n) is 2.39. The first-order valence-corrected chi connectivity index (χ1v) is 5.38. The van der Waals surface area contributed by atoms with Crippen LogP contribution < -0.4 is 20.3 Å². The number of aromatic nitrogens is 2. The summed E-state index contributed by atoms with van der Waals surface area (Å²) in [5.74, 6) is 0.265. The van der Waals surface area contributed by atoms with Gasteiger partial charge in [-0.15, -0.1) is 0 Å². The first-order valence-electron chi connectivity index (χ1n) is 5.38. The third kappa shape index (κ3) is 2.95. The van der Waals surface area contributed by atoms with E-state index in [1.165, 1.54) is 13.4 Å². The maximum Gasteiger partial charge on any atom is 0.297 e. The maximum absolute atomic E-state index is 11.4. The molecule has 94 valence electrons. The minimum absolute atomic E-state index is 0.0328. The molecule has 0 saturated carbocycles. The molecule has 1 atom stereocenters. The van der Waals surface area contributed by atoms with Crippen LogP contribution in [0.25, 0.3) is 0 Å². The molecule has 0 amide bonds. The van der Waals surface area contributed by atoms with Gasteiger partial charge < -0.3 is 24.5 Å². The Morgan fingerprint density at radius 1 is 1.65 bits per heavy atom. The summed E-state index contributed by atoms with van der Waals surface area (Å²) in [6, 6.07) is 0. The molecule has 0 aromatic carbocycles. The summed E-state index contributed by atoms with van der Waals surface area (Å²) in [6.07, 6.45) is 1.25. The molecule has 1 fully saturated rings. The summed E-state index contributed by atoms with van der Waals surface area (Å²) in [5, 5.41) is 3.19. The molecule has 1 aromatic rings. The fourth-order valence-electron chi connectivity index (χ4n) is 1.55. The molecule has 1 aliphatic rings. The molecule has 2 rings (SSSR count). The number of hydrogen-bond acceptors (Lipinski definition) is 6. The van der Waals surface area contributed by atoms with Gasteiger partial charge in [0.1, 0.15) is 12.7 Å². The number of hydrogen-bond donors (Lipinski definition) is 2. The SMILES string of the molecule is COc1c(OCC2CNCCO2)nc[nH]c1=O. The first-order chi connectivity index (χ1) is 8.31. The van der Waals surface area contributed by atoms with E-state index >= 15 is 0 Å². The van der Waals surface area contributed by atoms with Crippen LogP contribution in [0.5, 0.6) is 11.6 Å². The predicted molar refractivity (Wildman–Crippen MR) is 59.5 cm³/mol. The quantitative estimate of drug-likeness (QED) is 0.714. The average Bonchev–Trinajstić information content (AvgIpc) is 2.37. The van der Waals surface area contributed by atoms with E-state index in [1.807, 2.05) is 0 Å². The van der Waals surface area contributed by atoms with Crippen LogP contribution in [0.3, 0.4) is 0 Å². The molecule has 1 aliphatic heterocycles. The third-order valence-corrected chi connectivity index (χ3v) is 2.39. The van der Waals surface area contributed by atoms with Crippen molar-refractivity contribution in [1.82, 2.24) is 15.3 Å². The summed E-state index contributed by atoms with van der Waals surface area (Å²) < 4.78 is 15.8. The van der Waals surface area contributed by atoms with Crippen molar-refractivity contribution in [1.29, 1.82) is 0 Å². The van der Waals surface area contributed by atoms with Crippen LogP contribution in [0, 0.1) is 0 Å². The summed E-state index contributed by atoms with van der Waals surface area (Å²) >= 11 is 0. The van der Waals surface area contributed by atoms with Crippen LogP contribution >= 0.6 is 0 Å². The van der Waals surface area contributed by atoms with Gasteiger partial charge >= 0.3 is 0 Å². The minimum Gasteiger partial charge on any atom is -0.487 e. The lowest BCUT2D eigenvalue weighted by Crippen LogP contribution is -2.41. The van der Waals surface area contributed by atoms with Crippen molar-refractivity contribution in [3.05, 3.63) is 16.7 Å². The molecule has 2 N–H and O–H groups in total. The van der Waals surface area contributed by atoms with E-state index in [1.54, 1.807) is 0 Å². The molecule has 0 spiro atoms. The van der Waals surface area contributed by atoms with Crippen molar-refractivity contribution < 1.29 is 14.2 Å². The molecule has 0 bridgehead atoms. The number of methoxy groups -OCH3 is 1. The summed E-state index contributed by atoms with van der Waals surface area (Å²) in [7, 11) is 1.40. The van der Waals surface area contributed by atoms with Gasteiger partial charge in [-0.25, -0.2) is 4.98 Å².